The van der Waals surface area contributed by atoms with Crippen LogP contribution in [-0.2, 0) is 6.54 Å². The van der Waals surface area contributed by atoms with Crippen LogP contribution in [-0.4, -0.2) is 20.6 Å². The van der Waals surface area contributed by atoms with Gasteiger partial charge in [-0.05, 0) is 49.2 Å². The van der Waals surface area contributed by atoms with Crippen LogP contribution in [0.3, 0.4) is 0 Å². The molecule has 0 saturated heterocycles. The summed E-state index contributed by atoms with van der Waals surface area (Å²) < 4.78 is 14.7. The maximum atomic E-state index is 13.1. The Morgan fingerprint density at radius 2 is 1.78 bits per heavy atom. The van der Waals surface area contributed by atoms with Crippen LogP contribution in [0.25, 0.3) is 10.9 Å². The minimum absolute atomic E-state index is 0.0989. The van der Waals surface area contributed by atoms with Crippen LogP contribution in [0, 0.1) is 11.7 Å². The van der Waals surface area contributed by atoms with Crippen molar-refractivity contribution >= 4 is 28.4 Å². The van der Waals surface area contributed by atoms with Gasteiger partial charge in [0.05, 0.1) is 16.2 Å². The molecule has 1 aromatic heterocycles. The summed E-state index contributed by atoms with van der Waals surface area (Å²) in [7, 11) is 0. The number of halogens is 1. The topological polar surface area (TPSA) is 52.0 Å². The van der Waals surface area contributed by atoms with E-state index in [2.05, 4.69) is 4.98 Å². The van der Waals surface area contributed by atoms with E-state index in [9.17, 15) is 14.0 Å². The molecular weight excluding hydrogens is 363 g/mol. The van der Waals surface area contributed by atoms with Crippen molar-refractivity contribution < 1.29 is 9.18 Å². The van der Waals surface area contributed by atoms with Crippen molar-refractivity contribution in [2.45, 2.75) is 37.7 Å². The quantitative estimate of drug-likeness (QED) is 0.355. The molecule has 1 heterocycles. The molecule has 0 fully saturated rings. The molecule has 0 N–H and O–H groups in total. The number of benzene rings is 2. The largest absolute Gasteiger partial charge is 0.293 e. The Kier molecular flexibility index (Phi) is 5.75. The SMILES string of the molecule is CC(C)Cn1c(S[C@@H](C)C(=O)c2ccc(F)cc2)nc2ccccc2c1=O. The zero-order chi connectivity index (χ0) is 19.6. The molecule has 4 nitrogen and oxygen atoms in total. The number of Topliss-reactive ketones (excluding diaryl/α,β-unsaturated/α-hetero) is 1. The summed E-state index contributed by atoms with van der Waals surface area (Å²) in [6.07, 6.45) is 0. The normalized spacial score (nSPS) is 12.5. The summed E-state index contributed by atoms with van der Waals surface area (Å²) in [6.45, 7) is 6.36. The van der Waals surface area contributed by atoms with Gasteiger partial charge >= 0.3 is 0 Å². The molecule has 0 aliphatic carbocycles. The Bertz CT molecular complexity index is 1030. The van der Waals surface area contributed by atoms with Gasteiger partial charge in [-0.1, -0.05) is 37.7 Å². The minimum Gasteiger partial charge on any atom is -0.293 e. The van der Waals surface area contributed by atoms with E-state index in [1.807, 2.05) is 26.0 Å². The Balaban J connectivity index is 1.98. The molecule has 27 heavy (non-hydrogen) atoms. The first-order valence-corrected chi connectivity index (χ1v) is 9.71. The molecule has 3 aromatic rings. The molecule has 0 radical (unpaired) electrons. The van der Waals surface area contributed by atoms with Gasteiger partial charge in [-0.15, -0.1) is 0 Å². The molecular formula is C21H21FN2O2S. The number of ketones is 1. The molecule has 6 heteroatoms. The van der Waals surface area contributed by atoms with Crippen LogP contribution in [0.2, 0.25) is 0 Å². The van der Waals surface area contributed by atoms with Crippen molar-refractivity contribution in [2.75, 3.05) is 0 Å². The lowest BCUT2D eigenvalue weighted by Crippen LogP contribution is -2.26. The lowest BCUT2D eigenvalue weighted by molar-refractivity contribution is 0.0993. The maximum Gasteiger partial charge on any atom is 0.262 e. The first-order chi connectivity index (χ1) is 12.9. The summed E-state index contributed by atoms with van der Waals surface area (Å²) in [4.78, 5) is 30.2. The molecule has 140 valence electrons. The van der Waals surface area contributed by atoms with E-state index in [1.54, 1.807) is 23.6 Å². The second-order valence-corrected chi connectivity index (χ2v) is 8.16. The fourth-order valence-corrected chi connectivity index (χ4v) is 3.82. The minimum atomic E-state index is -0.457. The first-order valence-electron chi connectivity index (χ1n) is 8.83. The second kappa shape index (κ2) is 8.05. The standard InChI is InChI=1S/C21H21FN2O2S/c1-13(2)12-24-20(26)17-6-4-5-7-18(17)23-21(24)27-14(3)19(25)15-8-10-16(22)11-9-15/h4-11,13-14H,12H2,1-3H3/t14-/m0/s1. The highest BCUT2D eigenvalue weighted by molar-refractivity contribution is 8.00. The number of rotatable bonds is 6. The van der Waals surface area contributed by atoms with Crippen LogP contribution in [0.4, 0.5) is 4.39 Å². The molecule has 0 aliphatic heterocycles. The summed E-state index contributed by atoms with van der Waals surface area (Å²) in [5.41, 5.74) is 0.958. The number of para-hydroxylation sites is 1. The van der Waals surface area contributed by atoms with Crippen LogP contribution in [0.15, 0.2) is 58.5 Å². The van der Waals surface area contributed by atoms with E-state index < -0.39 is 5.25 Å². The fraction of sp³-hybridized carbons (Fsp3) is 0.286. The van der Waals surface area contributed by atoms with Crippen molar-refractivity contribution in [2.24, 2.45) is 5.92 Å². The number of thioether (sulfide) groups is 1. The van der Waals surface area contributed by atoms with E-state index >= 15 is 0 Å². The van der Waals surface area contributed by atoms with Gasteiger partial charge in [0.25, 0.3) is 5.56 Å². The second-order valence-electron chi connectivity index (χ2n) is 6.85. The third-order valence-electron chi connectivity index (χ3n) is 4.15. The van der Waals surface area contributed by atoms with Crippen LogP contribution < -0.4 is 5.56 Å². The van der Waals surface area contributed by atoms with Gasteiger partial charge in [0.1, 0.15) is 5.82 Å². The number of carbonyl (C=O) groups excluding carboxylic acids is 1. The number of hydrogen-bond acceptors (Lipinski definition) is 4. The number of nitrogens with zero attached hydrogens (tertiary/aromatic N) is 2. The van der Waals surface area contributed by atoms with Gasteiger partial charge in [-0.3, -0.25) is 14.2 Å². The Morgan fingerprint density at radius 3 is 2.44 bits per heavy atom. The highest BCUT2D eigenvalue weighted by Crippen LogP contribution is 2.25. The molecule has 0 bridgehead atoms. The lowest BCUT2D eigenvalue weighted by atomic mass is 10.1. The van der Waals surface area contributed by atoms with Gasteiger partial charge in [-0.25, -0.2) is 9.37 Å². The van der Waals surface area contributed by atoms with Crippen molar-refractivity contribution in [3.8, 4) is 0 Å². The fourth-order valence-electron chi connectivity index (χ4n) is 2.82. The highest BCUT2D eigenvalue weighted by Gasteiger charge is 2.21. The number of hydrogen-bond donors (Lipinski definition) is 0. The average Bonchev–Trinajstić information content (AvgIpc) is 2.64. The number of aromatic nitrogens is 2. The van der Waals surface area contributed by atoms with E-state index in [4.69, 9.17) is 0 Å². The summed E-state index contributed by atoms with van der Waals surface area (Å²) in [5, 5.41) is 0.636. The van der Waals surface area contributed by atoms with E-state index in [-0.39, 0.29) is 23.1 Å². The molecule has 0 amide bonds. The number of fused-ring (bicyclic) bond motifs is 1. The maximum absolute atomic E-state index is 13.1. The van der Waals surface area contributed by atoms with Gasteiger partial charge in [0, 0.05) is 12.1 Å². The van der Waals surface area contributed by atoms with Gasteiger partial charge < -0.3 is 0 Å². The third kappa shape index (κ3) is 4.27. The van der Waals surface area contributed by atoms with Crippen LogP contribution >= 0.6 is 11.8 Å². The molecule has 0 saturated carbocycles. The molecule has 1 atom stereocenters. The molecule has 2 aromatic carbocycles. The van der Waals surface area contributed by atoms with E-state index in [0.29, 0.717) is 28.2 Å². The monoisotopic (exact) mass is 384 g/mol. The summed E-state index contributed by atoms with van der Waals surface area (Å²) >= 11 is 1.26. The summed E-state index contributed by atoms with van der Waals surface area (Å²) in [6, 6.07) is 12.7. The van der Waals surface area contributed by atoms with Gasteiger partial charge in [0.2, 0.25) is 0 Å². The Hall–Kier alpha value is -2.47. The lowest BCUT2D eigenvalue weighted by Gasteiger charge is -2.17. The third-order valence-corrected chi connectivity index (χ3v) is 5.24. The molecule has 0 aliphatic rings. The highest BCUT2D eigenvalue weighted by atomic mass is 32.2. The van der Waals surface area contributed by atoms with Crippen molar-refractivity contribution in [3.63, 3.8) is 0 Å². The zero-order valence-corrected chi connectivity index (χ0v) is 16.3. The molecule has 0 spiro atoms. The first kappa shape index (κ1) is 19.3. The predicted molar refractivity (Wildman–Crippen MR) is 107 cm³/mol. The van der Waals surface area contributed by atoms with Crippen molar-refractivity contribution in [3.05, 3.63) is 70.3 Å². The van der Waals surface area contributed by atoms with Gasteiger partial charge in [0.15, 0.2) is 10.9 Å². The van der Waals surface area contributed by atoms with Gasteiger partial charge in [-0.2, -0.15) is 0 Å². The average molecular weight is 384 g/mol. The number of carbonyl (C=O) groups is 1. The smallest absolute Gasteiger partial charge is 0.262 e. The van der Waals surface area contributed by atoms with E-state index in [1.165, 1.54) is 36.0 Å². The van der Waals surface area contributed by atoms with Crippen molar-refractivity contribution in [1.82, 2.24) is 9.55 Å². The Labute approximate surface area is 161 Å². The summed E-state index contributed by atoms with van der Waals surface area (Å²) in [5.74, 6) is -0.250. The van der Waals surface area contributed by atoms with Crippen LogP contribution in [0.1, 0.15) is 31.1 Å². The van der Waals surface area contributed by atoms with Crippen LogP contribution in [0.5, 0.6) is 0 Å². The van der Waals surface area contributed by atoms with E-state index in [0.717, 1.165) is 0 Å². The predicted octanol–water partition coefficient (Wildman–Crippen LogP) is 4.56. The van der Waals surface area contributed by atoms with Crippen molar-refractivity contribution in [1.29, 1.82) is 0 Å². The zero-order valence-electron chi connectivity index (χ0n) is 15.5. The molecule has 0 unspecified atom stereocenters. The Morgan fingerprint density at radius 1 is 1.11 bits per heavy atom. The molecule has 3 rings (SSSR count).